The van der Waals surface area contributed by atoms with Crippen LogP contribution in [0.4, 0.5) is 10.8 Å². The Morgan fingerprint density at radius 2 is 1.81 bits per heavy atom. The molecule has 2 amide bonds. The minimum Gasteiger partial charge on any atom is -0.457 e. The highest BCUT2D eigenvalue weighted by atomic mass is 32.1. The highest BCUT2D eigenvalue weighted by Crippen LogP contribution is 2.47. The summed E-state index contributed by atoms with van der Waals surface area (Å²) in [4.78, 5) is 29.4. The maximum atomic E-state index is 12.9. The monoisotopic (exact) mass is 494 g/mol. The lowest BCUT2D eigenvalue weighted by atomic mass is 9.96. The Balaban J connectivity index is 1.15. The third-order valence-electron chi connectivity index (χ3n) is 6.51. The number of amides is 2. The Bertz CT molecular complexity index is 1550. The molecule has 4 aromatic rings. The molecule has 0 atom stereocenters. The van der Waals surface area contributed by atoms with Crippen molar-refractivity contribution in [1.29, 1.82) is 5.26 Å². The second kappa shape index (κ2) is 8.77. The molecule has 1 aromatic heterocycles. The summed E-state index contributed by atoms with van der Waals surface area (Å²) in [6, 6.07) is 22.4. The van der Waals surface area contributed by atoms with E-state index in [9.17, 15) is 14.9 Å². The molecule has 178 valence electrons. The number of ether oxygens (including phenoxy) is 1. The molecule has 2 aliphatic rings. The number of aromatic nitrogens is 1. The molecular weight excluding hydrogens is 472 g/mol. The van der Waals surface area contributed by atoms with E-state index in [1.54, 1.807) is 24.3 Å². The number of hydrogen-bond donors (Lipinski definition) is 2. The lowest BCUT2D eigenvalue weighted by Crippen LogP contribution is -2.13. The Kier molecular flexibility index (Phi) is 5.42. The van der Waals surface area contributed by atoms with Crippen LogP contribution in [0.2, 0.25) is 0 Å². The maximum Gasteiger partial charge on any atom is 0.255 e. The third-order valence-corrected chi connectivity index (χ3v) is 7.44. The zero-order valence-electron chi connectivity index (χ0n) is 19.3. The van der Waals surface area contributed by atoms with Gasteiger partial charge in [-0.05, 0) is 67.6 Å². The molecule has 2 aliphatic carbocycles. The van der Waals surface area contributed by atoms with Crippen molar-refractivity contribution in [2.75, 3.05) is 10.6 Å². The molecule has 2 N–H and O–H groups in total. The highest BCUT2D eigenvalue weighted by molar-refractivity contribution is 7.22. The third kappa shape index (κ3) is 4.53. The molecule has 0 spiro atoms. The number of carbonyl (C=O) groups excluding carboxylic acids is 2. The predicted octanol–water partition coefficient (Wildman–Crippen LogP) is 6.24. The Morgan fingerprint density at radius 1 is 1.00 bits per heavy atom. The van der Waals surface area contributed by atoms with E-state index in [-0.39, 0.29) is 17.7 Å². The molecule has 2 saturated carbocycles. The lowest BCUT2D eigenvalue weighted by molar-refractivity contribution is -0.117. The summed E-state index contributed by atoms with van der Waals surface area (Å²) in [5.74, 6) is 1.13. The fourth-order valence-corrected chi connectivity index (χ4v) is 5.00. The highest BCUT2D eigenvalue weighted by Gasteiger charge is 2.45. The number of nitrogens with zero attached hydrogens (tertiary/aromatic N) is 2. The van der Waals surface area contributed by atoms with Crippen LogP contribution in [0, 0.1) is 17.2 Å². The van der Waals surface area contributed by atoms with Gasteiger partial charge in [-0.2, -0.15) is 5.26 Å². The Morgan fingerprint density at radius 3 is 2.58 bits per heavy atom. The van der Waals surface area contributed by atoms with Crippen LogP contribution >= 0.6 is 11.3 Å². The van der Waals surface area contributed by atoms with Gasteiger partial charge in [-0.25, -0.2) is 4.98 Å². The van der Waals surface area contributed by atoms with Gasteiger partial charge in [0.05, 0.1) is 21.7 Å². The number of anilines is 2. The van der Waals surface area contributed by atoms with E-state index in [0.29, 0.717) is 27.9 Å². The molecule has 36 heavy (non-hydrogen) atoms. The first-order valence-corrected chi connectivity index (χ1v) is 12.7. The minimum atomic E-state index is -0.438. The molecule has 7 nitrogen and oxygen atoms in total. The van der Waals surface area contributed by atoms with Crippen LogP contribution in [0.25, 0.3) is 10.2 Å². The standard InChI is InChI=1S/C28H22N4O3S/c29-16-28(11-12-28)19-4-1-3-18(13-19)26(34)30-20-5-2-6-21(14-20)35-22-9-10-23-24(15-22)36-27(31-23)32-25(33)17-7-8-17/h1-6,9-10,13-15,17H,7-8,11-12H2,(H,30,34)(H,31,32,33). The van der Waals surface area contributed by atoms with Crippen molar-refractivity contribution in [1.82, 2.24) is 4.98 Å². The molecular formula is C28H22N4O3S. The van der Waals surface area contributed by atoms with Crippen LogP contribution < -0.4 is 15.4 Å². The van der Waals surface area contributed by atoms with E-state index in [0.717, 1.165) is 41.5 Å². The topological polar surface area (TPSA) is 104 Å². The largest absolute Gasteiger partial charge is 0.457 e. The molecule has 0 radical (unpaired) electrons. The normalized spacial score (nSPS) is 15.6. The molecule has 0 bridgehead atoms. The molecule has 3 aromatic carbocycles. The summed E-state index contributed by atoms with van der Waals surface area (Å²) in [5.41, 5.74) is 2.37. The quantitative estimate of drug-likeness (QED) is 0.316. The summed E-state index contributed by atoms with van der Waals surface area (Å²) in [7, 11) is 0. The van der Waals surface area contributed by atoms with Gasteiger partial charge < -0.3 is 15.4 Å². The van der Waals surface area contributed by atoms with Crippen LogP contribution in [0.5, 0.6) is 11.5 Å². The van der Waals surface area contributed by atoms with Gasteiger partial charge in [0.15, 0.2) is 5.13 Å². The average Bonchev–Trinajstić information content (AvgIpc) is 3.81. The Labute approximate surface area is 211 Å². The van der Waals surface area contributed by atoms with Gasteiger partial charge in [0.2, 0.25) is 5.91 Å². The first-order valence-electron chi connectivity index (χ1n) is 11.8. The number of benzene rings is 3. The number of nitriles is 1. The van der Waals surface area contributed by atoms with Gasteiger partial charge in [-0.15, -0.1) is 0 Å². The van der Waals surface area contributed by atoms with Crippen molar-refractivity contribution in [3.8, 4) is 17.6 Å². The SMILES string of the molecule is N#CC1(c2cccc(C(=O)Nc3cccc(Oc4ccc5nc(NC(=O)C6CC6)sc5c4)c3)c2)CC1. The molecule has 1 heterocycles. The van der Waals surface area contributed by atoms with Gasteiger partial charge in [0.25, 0.3) is 5.91 Å². The van der Waals surface area contributed by atoms with Crippen LogP contribution in [-0.2, 0) is 10.2 Å². The van der Waals surface area contributed by atoms with Gasteiger partial charge in [0, 0.05) is 29.3 Å². The van der Waals surface area contributed by atoms with E-state index >= 15 is 0 Å². The van der Waals surface area contributed by atoms with Crippen LogP contribution in [0.1, 0.15) is 41.6 Å². The number of fused-ring (bicyclic) bond motifs is 1. The number of carbonyl (C=O) groups is 2. The van der Waals surface area contributed by atoms with Crippen molar-refractivity contribution < 1.29 is 14.3 Å². The van der Waals surface area contributed by atoms with Crippen molar-refractivity contribution in [3.63, 3.8) is 0 Å². The van der Waals surface area contributed by atoms with E-state index in [4.69, 9.17) is 4.74 Å². The van der Waals surface area contributed by atoms with Crippen LogP contribution in [0.3, 0.4) is 0 Å². The molecule has 0 saturated heterocycles. The number of nitrogens with one attached hydrogen (secondary N) is 2. The molecule has 2 fully saturated rings. The second-order valence-electron chi connectivity index (χ2n) is 9.27. The summed E-state index contributed by atoms with van der Waals surface area (Å²) in [6.07, 6.45) is 3.56. The predicted molar refractivity (Wildman–Crippen MR) is 138 cm³/mol. The van der Waals surface area contributed by atoms with Crippen molar-refractivity contribution in [2.45, 2.75) is 31.1 Å². The van der Waals surface area contributed by atoms with Crippen LogP contribution in [-0.4, -0.2) is 16.8 Å². The average molecular weight is 495 g/mol. The van der Waals surface area contributed by atoms with Crippen molar-refractivity contribution >= 4 is 44.2 Å². The smallest absolute Gasteiger partial charge is 0.255 e. The van der Waals surface area contributed by atoms with Gasteiger partial charge in [0.1, 0.15) is 11.5 Å². The van der Waals surface area contributed by atoms with Gasteiger partial charge >= 0.3 is 0 Å². The second-order valence-corrected chi connectivity index (χ2v) is 10.3. The van der Waals surface area contributed by atoms with E-state index in [2.05, 4.69) is 21.7 Å². The maximum absolute atomic E-state index is 12.9. The number of rotatable bonds is 7. The summed E-state index contributed by atoms with van der Waals surface area (Å²) < 4.78 is 6.95. The summed E-state index contributed by atoms with van der Waals surface area (Å²) in [6.45, 7) is 0. The summed E-state index contributed by atoms with van der Waals surface area (Å²) in [5, 5.41) is 15.9. The molecule has 8 heteroatoms. The summed E-state index contributed by atoms with van der Waals surface area (Å²) >= 11 is 1.41. The van der Waals surface area contributed by atoms with E-state index in [1.165, 1.54) is 11.3 Å². The molecule has 0 unspecified atom stereocenters. The fraction of sp³-hybridized carbons (Fsp3) is 0.214. The zero-order valence-corrected chi connectivity index (χ0v) is 20.1. The molecule has 6 rings (SSSR count). The molecule has 0 aliphatic heterocycles. The number of hydrogen-bond acceptors (Lipinski definition) is 6. The van der Waals surface area contributed by atoms with Gasteiger partial charge in [-0.1, -0.05) is 29.5 Å². The zero-order chi connectivity index (χ0) is 24.7. The first kappa shape index (κ1) is 22.3. The number of thiazole rings is 1. The van der Waals surface area contributed by atoms with Crippen molar-refractivity contribution in [2.24, 2.45) is 5.92 Å². The first-order chi connectivity index (χ1) is 17.5. The van der Waals surface area contributed by atoms with E-state index < -0.39 is 5.41 Å². The Hall–Kier alpha value is -4.22. The minimum absolute atomic E-state index is 0.0354. The lowest BCUT2D eigenvalue weighted by Gasteiger charge is -2.11. The van der Waals surface area contributed by atoms with Crippen LogP contribution in [0.15, 0.2) is 66.7 Å². The van der Waals surface area contributed by atoms with Crippen molar-refractivity contribution in [3.05, 3.63) is 77.9 Å². The van der Waals surface area contributed by atoms with Gasteiger partial charge in [-0.3, -0.25) is 9.59 Å². The fourth-order valence-electron chi connectivity index (χ4n) is 4.10. The van der Waals surface area contributed by atoms with E-state index in [1.807, 2.05) is 42.5 Å².